The molecule has 0 fully saturated rings. The Morgan fingerprint density at radius 3 is 2.82 bits per heavy atom. The van der Waals surface area contributed by atoms with E-state index in [2.05, 4.69) is 25.6 Å². The molecule has 0 aliphatic heterocycles. The topological polar surface area (TPSA) is 89.0 Å². The van der Waals surface area contributed by atoms with E-state index in [1.54, 1.807) is 0 Å². The number of carbonyl (C=O) groups excluding carboxylic acids is 1. The Morgan fingerprint density at radius 2 is 2.09 bits per heavy atom. The molecule has 0 aliphatic rings. The van der Waals surface area contributed by atoms with Crippen LogP contribution in [-0.4, -0.2) is 33.5 Å². The van der Waals surface area contributed by atoms with Gasteiger partial charge in [-0.05, 0) is 31.5 Å². The summed E-state index contributed by atoms with van der Waals surface area (Å²) in [6, 6.07) is 7.85. The summed E-state index contributed by atoms with van der Waals surface area (Å²) in [5.41, 5.74) is 1.15. The molecule has 0 saturated carbocycles. The second-order valence-corrected chi connectivity index (χ2v) is 4.99. The van der Waals surface area contributed by atoms with Crippen molar-refractivity contribution in [2.75, 3.05) is 17.2 Å². The van der Waals surface area contributed by atoms with Crippen molar-refractivity contribution >= 4 is 17.8 Å². The van der Waals surface area contributed by atoms with Crippen molar-refractivity contribution in [3.63, 3.8) is 0 Å². The summed E-state index contributed by atoms with van der Waals surface area (Å²) in [5.74, 6) is 1.20. The van der Waals surface area contributed by atoms with Crippen LogP contribution in [0.5, 0.6) is 5.75 Å². The van der Waals surface area contributed by atoms with Gasteiger partial charge >= 0.3 is 0 Å². The van der Waals surface area contributed by atoms with Crippen LogP contribution in [-0.2, 0) is 4.79 Å². The lowest BCUT2D eigenvalue weighted by Crippen LogP contribution is -2.25. The molecule has 2 aromatic rings. The van der Waals surface area contributed by atoms with Gasteiger partial charge in [-0.2, -0.15) is 4.98 Å². The molecule has 1 unspecified atom stereocenters. The molecule has 0 saturated heterocycles. The van der Waals surface area contributed by atoms with Gasteiger partial charge < -0.3 is 10.1 Å². The number of nitrogens with zero attached hydrogens (tertiary/aromatic N) is 3. The number of benzene rings is 1. The lowest BCUT2D eigenvalue weighted by Gasteiger charge is -2.15. The number of anilines is 2. The maximum atomic E-state index is 11.0. The number of hydrogen-bond donors (Lipinski definition) is 2. The summed E-state index contributed by atoms with van der Waals surface area (Å²) in [6.45, 7) is 5.83. The molecule has 7 nitrogen and oxygen atoms in total. The van der Waals surface area contributed by atoms with E-state index >= 15 is 0 Å². The zero-order valence-electron chi connectivity index (χ0n) is 12.8. The Kier molecular flexibility index (Phi) is 5.24. The van der Waals surface area contributed by atoms with Crippen molar-refractivity contribution in [2.45, 2.75) is 26.8 Å². The van der Waals surface area contributed by atoms with E-state index in [0.717, 1.165) is 11.3 Å². The highest BCUT2D eigenvalue weighted by atomic mass is 16.5. The van der Waals surface area contributed by atoms with Crippen LogP contribution in [0.2, 0.25) is 0 Å². The fraction of sp³-hybridized carbons (Fsp3) is 0.333. The van der Waals surface area contributed by atoms with Gasteiger partial charge in [-0.1, -0.05) is 12.1 Å². The molecule has 1 heterocycles. The fourth-order valence-electron chi connectivity index (χ4n) is 1.77. The second kappa shape index (κ2) is 7.35. The lowest BCUT2D eigenvalue weighted by atomic mass is 10.2. The molecule has 0 aliphatic carbocycles. The number of carbonyl (C=O) groups is 1. The highest BCUT2D eigenvalue weighted by Crippen LogP contribution is 2.13. The molecule has 7 heteroatoms. The van der Waals surface area contributed by atoms with E-state index in [4.69, 9.17) is 4.74 Å². The first kappa shape index (κ1) is 15.7. The van der Waals surface area contributed by atoms with Crippen LogP contribution in [0.3, 0.4) is 0 Å². The van der Waals surface area contributed by atoms with E-state index in [0.29, 0.717) is 12.6 Å². The summed E-state index contributed by atoms with van der Waals surface area (Å²) in [5, 5.41) is 5.61. The quantitative estimate of drug-likeness (QED) is 0.848. The second-order valence-electron chi connectivity index (χ2n) is 4.99. The summed E-state index contributed by atoms with van der Waals surface area (Å²) in [6.07, 6.45) is 1.34. The van der Waals surface area contributed by atoms with Crippen LogP contribution < -0.4 is 15.4 Å². The minimum Gasteiger partial charge on any atom is -0.491 e. The molecule has 0 spiro atoms. The molecule has 22 heavy (non-hydrogen) atoms. The zero-order chi connectivity index (χ0) is 15.9. The molecule has 1 atom stereocenters. The largest absolute Gasteiger partial charge is 0.491 e. The van der Waals surface area contributed by atoms with Crippen LogP contribution in [0.4, 0.5) is 11.9 Å². The van der Waals surface area contributed by atoms with Crippen LogP contribution in [0.25, 0.3) is 0 Å². The van der Waals surface area contributed by atoms with Gasteiger partial charge in [-0.15, -0.1) is 0 Å². The Balaban J connectivity index is 1.89. The first-order valence-corrected chi connectivity index (χ1v) is 6.95. The minimum absolute atomic E-state index is 0.00640. The standard InChI is InChI=1S/C15H19N5O2/c1-10-5-4-6-13(7-10)22-8-11(2)18-14-16-9-17-15(20-14)19-12(3)21/h4-7,9,11H,8H2,1-3H3,(H2,16,17,18,19,20,21). The van der Waals surface area contributed by atoms with Crippen molar-refractivity contribution in [1.82, 2.24) is 15.0 Å². The van der Waals surface area contributed by atoms with Crippen LogP contribution in [0.1, 0.15) is 19.4 Å². The van der Waals surface area contributed by atoms with E-state index in [1.807, 2.05) is 38.1 Å². The Bertz CT molecular complexity index is 647. The zero-order valence-corrected chi connectivity index (χ0v) is 12.8. The Hall–Kier alpha value is -2.70. The first-order chi connectivity index (χ1) is 10.5. The molecule has 1 aromatic heterocycles. The lowest BCUT2D eigenvalue weighted by molar-refractivity contribution is -0.114. The average molecular weight is 301 g/mol. The Morgan fingerprint density at radius 1 is 1.32 bits per heavy atom. The van der Waals surface area contributed by atoms with Crippen molar-refractivity contribution < 1.29 is 9.53 Å². The van der Waals surface area contributed by atoms with Crippen molar-refractivity contribution in [1.29, 1.82) is 0 Å². The molecule has 0 bridgehead atoms. The number of rotatable bonds is 6. The Labute approximate surface area is 129 Å². The normalized spacial score (nSPS) is 11.6. The smallest absolute Gasteiger partial charge is 0.234 e. The number of nitrogens with one attached hydrogen (secondary N) is 2. The van der Waals surface area contributed by atoms with Gasteiger partial charge in [0, 0.05) is 6.92 Å². The summed E-state index contributed by atoms with van der Waals surface area (Å²) in [4.78, 5) is 23.0. The third-order valence-electron chi connectivity index (χ3n) is 2.72. The van der Waals surface area contributed by atoms with Gasteiger partial charge in [0.2, 0.25) is 17.8 Å². The molecule has 2 rings (SSSR count). The average Bonchev–Trinajstić information content (AvgIpc) is 2.45. The molecule has 0 radical (unpaired) electrons. The number of hydrogen-bond acceptors (Lipinski definition) is 6. The molecule has 1 aromatic carbocycles. The van der Waals surface area contributed by atoms with Crippen molar-refractivity contribution in [3.8, 4) is 5.75 Å². The maximum absolute atomic E-state index is 11.0. The molecule has 2 N–H and O–H groups in total. The third-order valence-corrected chi connectivity index (χ3v) is 2.72. The highest BCUT2D eigenvalue weighted by molar-refractivity contribution is 5.86. The monoisotopic (exact) mass is 301 g/mol. The van der Waals surface area contributed by atoms with Gasteiger partial charge in [0.25, 0.3) is 0 Å². The number of aromatic nitrogens is 3. The van der Waals surface area contributed by atoms with E-state index < -0.39 is 0 Å². The van der Waals surface area contributed by atoms with E-state index in [1.165, 1.54) is 13.3 Å². The summed E-state index contributed by atoms with van der Waals surface area (Å²) < 4.78 is 5.71. The predicted octanol–water partition coefficient (Wildman–Crippen LogP) is 2.02. The number of aryl methyl sites for hydroxylation is 1. The molecular weight excluding hydrogens is 282 g/mol. The van der Waals surface area contributed by atoms with Crippen LogP contribution in [0.15, 0.2) is 30.6 Å². The number of ether oxygens (including phenoxy) is 1. The molecule has 116 valence electrons. The van der Waals surface area contributed by atoms with E-state index in [-0.39, 0.29) is 17.9 Å². The highest BCUT2D eigenvalue weighted by Gasteiger charge is 2.07. The number of amides is 1. The van der Waals surface area contributed by atoms with Crippen molar-refractivity contribution in [2.24, 2.45) is 0 Å². The fourth-order valence-corrected chi connectivity index (χ4v) is 1.77. The van der Waals surface area contributed by atoms with Crippen LogP contribution >= 0.6 is 0 Å². The SMILES string of the molecule is CC(=O)Nc1ncnc(NC(C)COc2cccc(C)c2)n1. The van der Waals surface area contributed by atoms with Gasteiger partial charge in [0.05, 0.1) is 6.04 Å². The first-order valence-electron chi connectivity index (χ1n) is 6.95. The molecule has 1 amide bonds. The summed E-state index contributed by atoms with van der Waals surface area (Å²) in [7, 11) is 0. The third kappa shape index (κ3) is 5.01. The van der Waals surface area contributed by atoms with Gasteiger partial charge in [0.1, 0.15) is 18.7 Å². The minimum atomic E-state index is -0.229. The van der Waals surface area contributed by atoms with Gasteiger partial charge in [-0.25, -0.2) is 9.97 Å². The van der Waals surface area contributed by atoms with E-state index in [9.17, 15) is 4.79 Å². The van der Waals surface area contributed by atoms with Gasteiger partial charge in [0.15, 0.2) is 0 Å². The predicted molar refractivity (Wildman–Crippen MR) is 83.9 cm³/mol. The van der Waals surface area contributed by atoms with Crippen molar-refractivity contribution in [3.05, 3.63) is 36.2 Å². The van der Waals surface area contributed by atoms with Crippen LogP contribution in [0, 0.1) is 6.92 Å². The summed E-state index contributed by atoms with van der Waals surface area (Å²) >= 11 is 0. The van der Waals surface area contributed by atoms with Gasteiger partial charge in [-0.3, -0.25) is 10.1 Å². The maximum Gasteiger partial charge on any atom is 0.234 e. The molecular formula is C15H19N5O2.